The Hall–Kier alpha value is -2.70. The molecule has 4 nitrogen and oxygen atoms in total. The van der Waals surface area contributed by atoms with E-state index in [1.54, 1.807) is 6.21 Å². The first-order valence-electron chi connectivity index (χ1n) is 8.44. The molecule has 1 heterocycles. The van der Waals surface area contributed by atoms with Crippen LogP contribution in [-0.2, 0) is 11.4 Å². The number of thioether (sulfide) groups is 1. The smallest absolute Gasteiger partial charge is 0.259 e. The third kappa shape index (κ3) is 3.86. The van der Waals surface area contributed by atoms with Gasteiger partial charge >= 0.3 is 0 Å². The van der Waals surface area contributed by atoms with Crippen LogP contribution in [-0.4, -0.2) is 27.2 Å². The molecule has 0 aromatic heterocycles. The molecule has 27 heavy (non-hydrogen) atoms. The average Bonchev–Trinajstić information content (AvgIpc) is 3.03. The van der Waals surface area contributed by atoms with E-state index in [1.165, 1.54) is 27.5 Å². The van der Waals surface area contributed by atoms with Gasteiger partial charge in [-0.05, 0) is 28.5 Å². The van der Waals surface area contributed by atoms with Crippen molar-refractivity contribution in [2.24, 2.45) is 5.10 Å². The fraction of sp³-hybridized carbons (Fsp3) is 0.0952. The molecule has 3 aromatic carbocycles. The normalized spacial score (nSPS) is 14.4. The molecule has 0 aliphatic carbocycles. The number of nitrogens with zero attached hydrogens (tertiary/aromatic N) is 2. The molecule has 1 saturated heterocycles. The Morgan fingerprint density at radius 1 is 1.07 bits per heavy atom. The highest BCUT2D eigenvalue weighted by atomic mass is 32.2. The van der Waals surface area contributed by atoms with Gasteiger partial charge in [-0.15, -0.1) is 0 Å². The number of amides is 1. The average molecular weight is 393 g/mol. The van der Waals surface area contributed by atoms with Crippen LogP contribution in [0.25, 0.3) is 10.8 Å². The van der Waals surface area contributed by atoms with Gasteiger partial charge in [0.25, 0.3) is 5.91 Å². The molecule has 0 atom stereocenters. The summed E-state index contributed by atoms with van der Waals surface area (Å²) in [5.41, 5.74) is 1.91. The predicted octanol–water partition coefficient (Wildman–Crippen LogP) is 4.61. The molecular weight excluding hydrogens is 376 g/mol. The van der Waals surface area contributed by atoms with Crippen LogP contribution in [0.3, 0.4) is 0 Å². The Morgan fingerprint density at radius 2 is 1.85 bits per heavy atom. The van der Waals surface area contributed by atoms with Crippen molar-refractivity contribution in [2.45, 2.75) is 6.61 Å². The van der Waals surface area contributed by atoms with Crippen molar-refractivity contribution in [1.29, 1.82) is 0 Å². The number of carbonyl (C=O) groups is 1. The van der Waals surface area contributed by atoms with Crippen LogP contribution in [0.2, 0.25) is 0 Å². The van der Waals surface area contributed by atoms with E-state index in [-0.39, 0.29) is 5.91 Å². The Morgan fingerprint density at radius 3 is 2.70 bits per heavy atom. The highest BCUT2D eigenvalue weighted by Crippen LogP contribution is 2.23. The van der Waals surface area contributed by atoms with Gasteiger partial charge in [-0.3, -0.25) is 4.79 Å². The molecule has 1 aliphatic heterocycles. The minimum atomic E-state index is -0.101. The molecule has 1 fully saturated rings. The summed E-state index contributed by atoms with van der Waals surface area (Å²) in [5.74, 6) is 0.949. The molecule has 6 heteroatoms. The first-order valence-corrected chi connectivity index (χ1v) is 9.84. The Labute approximate surface area is 166 Å². The first kappa shape index (κ1) is 17.7. The summed E-state index contributed by atoms with van der Waals surface area (Å²) in [5, 5.41) is 7.87. The lowest BCUT2D eigenvalue weighted by molar-refractivity contribution is -0.123. The maximum atomic E-state index is 11.8. The molecule has 134 valence electrons. The van der Waals surface area contributed by atoms with Gasteiger partial charge in [0.1, 0.15) is 12.4 Å². The van der Waals surface area contributed by atoms with Crippen molar-refractivity contribution in [3.63, 3.8) is 0 Å². The minimum Gasteiger partial charge on any atom is -0.488 e. The summed E-state index contributed by atoms with van der Waals surface area (Å²) < 4.78 is 6.54. The number of ether oxygens (including phenoxy) is 1. The second-order valence-corrected chi connectivity index (χ2v) is 7.58. The molecule has 0 bridgehead atoms. The second kappa shape index (κ2) is 7.90. The second-order valence-electron chi connectivity index (χ2n) is 5.97. The minimum absolute atomic E-state index is 0.101. The number of hydrogen-bond acceptors (Lipinski definition) is 5. The van der Waals surface area contributed by atoms with Crippen LogP contribution in [0, 0.1) is 0 Å². The van der Waals surface area contributed by atoms with Gasteiger partial charge in [-0.2, -0.15) is 10.1 Å². The van der Waals surface area contributed by atoms with E-state index in [2.05, 4.69) is 29.4 Å². The summed E-state index contributed by atoms with van der Waals surface area (Å²) in [4.78, 5) is 11.8. The van der Waals surface area contributed by atoms with Gasteiger partial charge in [0.15, 0.2) is 4.32 Å². The highest BCUT2D eigenvalue weighted by molar-refractivity contribution is 8.23. The van der Waals surface area contributed by atoms with Crippen LogP contribution >= 0.6 is 24.0 Å². The fourth-order valence-electron chi connectivity index (χ4n) is 2.87. The van der Waals surface area contributed by atoms with Gasteiger partial charge < -0.3 is 4.74 Å². The van der Waals surface area contributed by atoms with Crippen LogP contribution in [0.15, 0.2) is 71.8 Å². The number of para-hydroxylation sites is 1. The Bertz CT molecular complexity index is 1030. The van der Waals surface area contributed by atoms with E-state index >= 15 is 0 Å². The number of benzene rings is 3. The zero-order valence-corrected chi connectivity index (χ0v) is 16.0. The number of hydrogen-bond donors (Lipinski definition) is 0. The van der Waals surface area contributed by atoms with Gasteiger partial charge in [0.2, 0.25) is 0 Å². The third-order valence-electron chi connectivity index (χ3n) is 4.22. The molecular formula is C21H16N2O2S2. The van der Waals surface area contributed by atoms with E-state index in [9.17, 15) is 4.79 Å². The maximum Gasteiger partial charge on any atom is 0.259 e. The Balaban J connectivity index is 1.55. The topological polar surface area (TPSA) is 41.9 Å². The zero-order valence-electron chi connectivity index (χ0n) is 14.4. The predicted molar refractivity (Wildman–Crippen MR) is 114 cm³/mol. The van der Waals surface area contributed by atoms with E-state index in [1.807, 2.05) is 42.5 Å². The van der Waals surface area contributed by atoms with E-state index < -0.39 is 0 Å². The van der Waals surface area contributed by atoms with Crippen LogP contribution in [0.1, 0.15) is 11.1 Å². The van der Waals surface area contributed by atoms with Crippen molar-refractivity contribution in [3.8, 4) is 5.75 Å². The lowest BCUT2D eigenvalue weighted by atomic mass is 10.1. The number of thiocarbonyl (C=S) groups is 1. The molecule has 1 amide bonds. The summed E-state index contributed by atoms with van der Waals surface area (Å²) in [7, 11) is 0. The molecule has 3 aromatic rings. The molecule has 0 N–H and O–H groups in total. The maximum absolute atomic E-state index is 11.8. The summed E-state index contributed by atoms with van der Waals surface area (Å²) in [6.45, 7) is 0.448. The summed E-state index contributed by atoms with van der Waals surface area (Å²) in [6, 6.07) is 22.1. The molecule has 0 saturated carbocycles. The first-order chi connectivity index (χ1) is 13.2. The number of fused-ring (bicyclic) bond motifs is 1. The van der Waals surface area contributed by atoms with Gasteiger partial charge in [-0.1, -0.05) is 78.6 Å². The van der Waals surface area contributed by atoms with Crippen molar-refractivity contribution >= 4 is 51.2 Å². The Kier molecular flexibility index (Phi) is 5.18. The van der Waals surface area contributed by atoms with Crippen molar-refractivity contribution in [3.05, 3.63) is 77.9 Å². The van der Waals surface area contributed by atoms with Gasteiger partial charge in [-0.25, -0.2) is 0 Å². The van der Waals surface area contributed by atoms with Crippen LogP contribution < -0.4 is 4.74 Å². The lowest BCUT2D eigenvalue weighted by Gasteiger charge is -2.12. The molecule has 4 rings (SSSR count). The number of rotatable bonds is 5. The largest absolute Gasteiger partial charge is 0.488 e. The van der Waals surface area contributed by atoms with Crippen LogP contribution in [0.5, 0.6) is 5.75 Å². The molecule has 0 spiro atoms. The van der Waals surface area contributed by atoms with Gasteiger partial charge in [0.05, 0.1) is 12.0 Å². The molecule has 0 unspecified atom stereocenters. The van der Waals surface area contributed by atoms with Crippen LogP contribution in [0.4, 0.5) is 0 Å². The quantitative estimate of drug-likeness (QED) is 0.470. The SMILES string of the molecule is O=C1CSC(=S)N1/N=C\c1ccccc1OCc1cccc2ccccc12. The zero-order chi connectivity index (χ0) is 18.6. The van der Waals surface area contributed by atoms with E-state index in [0.29, 0.717) is 22.4 Å². The molecule has 0 radical (unpaired) electrons. The number of hydrazone groups is 1. The fourth-order valence-corrected chi connectivity index (χ4v) is 3.84. The lowest BCUT2D eigenvalue weighted by Crippen LogP contribution is -2.22. The van der Waals surface area contributed by atoms with Crippen molar-refractivity contribution in [2.75, 3.05) is 5.75 Å². The highest BCUT2D eigenvalue weighted by Gasteiger charge is 2.26. The summed E-state index contributed by atoms with van der Waals surface area (Å²) >= 11 is 6.47. The van der Waals surface area contributed by atoms with E-state index in [0.717, 1.165) is 11.1 Å². The van der Waals surface area contributed by atoms with Crippen molar-refractivity contribution in [1.82, 2.24) is 5.01 Å². The van der Waals surface area contributed by atoms with Crippen molar-refractivity contribution < 1.29 is 9.53 Å². The van der Waals surface area contributed by atoms with E-state index in [4.69, 9.17) is 17.0 Å². The van der Waals surface area contributed by atoms with Gasteiger partial charge in [0, 0.05) is 5.56 Å². The summed E-state index contributed by atoms with van der Waals surface area (Å²) in [6.07, 6.45) is 1.62. The molecule has 1 aliphatic rings. The standard InChI is InChI=1S/C21H16N2O2S2/c24-20-14-27-21(26)23(20)22-12-16-7-2-4-11-19(16)25-13-17-9-5-8-15-6-1-3-10-18(15)17/h1-12H,13-14H2/b22-12-. The number of carbonyl (C=O) groups excluding carboxylic acids is 1. The third-order valence-corrected chi connectivity index (χ3v) is 5.56. The monoisotopic (exact) mass is 392 g/mol.